The number of hydrogen-bond donors (Lipinski definition) is 0. The first-order chi connectivity index (χ1) is 7.35. The SMILES string of the molecule is COc1ccc2c(c1)C(N=C=O)CCO2. The molecule has 0 bridgehead atoms. The second-order valence-electron chi connectivity index (χ2n) is 3.28. The summed E-state index contributed by atoms with van der Waals surface area (Å²) in [6.45, 7) is 0.579. The number of isocyanates is 1. The van der Waals surface area contributed by atoms with Crippen molar-refractivity contribution < 1.29 is 14.3 Å². The van der Waals surface area contributed by atoms with Gasteiger partial charge in [-0.3, -0.25) is 0 Å². The summed E-state index contributed by atoms with van der Waals surface area (Å²) in [6, 6.07) is 5.35. The Morgan fingerprint density at radius 2 is 2.47 bits per heavy atom. The molecule has 0 amide bonds. The van der Waals surface area contributed by atoms with E-state index in [1.807, 2.05) is 18.2 Å². The summed E-state index contributed by atoms with van der Waals surface area (Å²) < 4.78 is 10.6. The molecule has 4 heteroatoms. The van der Waals surface area contributed by atoms with E-state index in [9.17, 15) is 4.79 Å². The van der Waals surface area contributed by atoms with Crippen LogP contribution in [0.1, 0.15) is 18.0 Å². The Morgan fingerprint density at radius 3 is 3.20 bits per heavy atom. The predicted molar refractivity (Wildman–Crippen MR) is 54.0 cm³/mol. The molecule has 4 nitrogen and oxygen atoms in total. The van der Waals surface area contributed by atoms with Crippen LogP contribution in [0.15, 0.2) is 23.2 Å². The molecule has 15 heavy (non-hydrogen) atoms. The van der Waals surface area contributed by atoms with Crippen LogP contribution in [0.2, 0.25) is 0 Å². The molecule has 0 saturated carbocycles. The molecule has 0 N–H and O–H groups in total. The smallest absolute Gasteiger partial charge is 0.235 e. The summed E-state index contributed by atoms with van der Waals surface area (Å²) in [5, 5.41) is 0. The van der Waals surface area contributed by atoms with Gasteiger partial charge in [-0.25, -0.2) is 4.79 Å². The van der Waals surface area contributed by atoms with Crippen molar-refractivity contribution in [1.82, 2.24) is 0 Å². The highest BCUT2D eigenvalue weighted by Gasteiger charge is 2.21. The van der Waals surface area contributed by atoms with E-state index >= 15 is 0 Å². The largest absolute Gasteiger partial charge is 0.497 e. The van der Waals surface area contributed by atoms with Crippen LogP contribution in [0.5, 0.6) is 11.5 Å². The molecule has 1 aliphatic rings. The Kier molecular flexibility index (Phi) is 2.70. The minimum atomic E-state index is -0.152. The summed E-state index contributed by atoms with van der Waals surface area (Å²) in [4.78, 5) is 14.0. The molecule has 1 aromatic rings. The van der Waals surface area contributed by atoms with Gasteiger partial charge < -0.3 is 9.47 Å². The maximum Gasteiger partial charge on any atom is 0.235 e. The first kappa shape index (κ1) is 9.74. The van der Waals surface area contributed by atoms with E-state index in [0.29, 0.717) is 13.0 Å². The van der Waals surface area contributed by atoms with Crippen LogP contribution in [0.4, 0.5) is 0 Å². The number of benzene rings is 1. The van der Waals surface area contributed by atoms with Crippen molar-refractivity contribution in [2.24, 2.45) is 4.99 Å². The summed E-state index contributed by atoms with van der Waals surface area (Å²) in [5.41, 5.74) is 0.893. The van der Waals surface area contributed by atoms with E-state index in [-0.39, 0.29) is 6.04 Å². The van der Waals surface area contributed by atoms with E-state index < -0.39 is 0 Å². The molecule has 0 aliphatic carbocycles. The van der Waals surface area contributed by atoms with Gasteiger partial charge in [-0.15, -0.1) is 0 Å². The highest BCUT2D eigenvalue weighted by Crippen LogP contribution is 2.36. The Bertz CT molecular complexity index is 410. The predicted octanol–water partition coefficient (Wildman–Crippen LogP) is 1.85. The zero-order valence-corrected chi connectivity index (χ0v) is 8.40. The van der Waals surface area contributed by atoms with Crippen molar-refractivity contribution in [3.63, 3.8) is 0 Å². The van der Waals surface area contributed by atoms with Crippen LogP contribution in [0, 0.1) is 0 Å². The molecule has 2 rings (SSSR count). The van der Waals surface area contributed by atoms with Crippen LogP contribution in [0.3, 0.4) is 0 Å². The molecule has 1 atom stereocenters. The molecule has 1 aliphatic heterocycles. The van der Waals surface area contributed by atoms with Gasteiger partial charge in [0.25, 0.3) is 0 Å². The monoisotopic (exact) mass is 205 g/mol. The molecule has 0 fully saturated rings. The van der Waals surface area contributed by atoms with E-state index in [1.165, 1.54) is 0 Å². The van der Waals surface area contributed by atoms with Crippen molar-refractivity contribution in [3.05, 3.63) is 23.8 Å². The first-order valence-electron chi connectivity index (χ1n) is 4.73. The normalized spacial score (nSPS) is 18.3. The molecule has 1 aromatic carbocycles. The molecule has 1 heterocycles. The average Bonchev–Trinajstić information content (AvgIpc) is 2.29. The molecule has 0 spiro atoms. The zero-order chi connectivity index (χ0) is 10.7. The Labute approximate surface area is 87.5 Å². The van der Waals surface area contributed by atoms with Crippen molar-refractivity contribution in [2.75, 3.05) is 13.7 Å². The van der Waals surface area contributed by atoms with Crippen LogP contribution in [-0.4, -0.2) is 19.8 Å². The second kappa shape index (κ2) is 4.15. The van der Waals surface area contributed by atoms with Gasteiger partial charge in [-0.05, 0) is 18.2 Å². The fraction of sp³-hybridized carbons (Fsp3) is 0.364. The highest BCUT2D eigenvalue weighted by molar-refractivity contribution is 5.45. The summed E-state index contributed by atoms with van der Waals surface area (Å²) >= 11 is 0. The van der Waals surface area contributed by atoms with E-state index in [1.54, 1.807) is 13.2 Å². The number of ether oxygens (including phenoxy) is 2. The summed E-state index contributed by atoms with van der Waals surface area (Å²) in [5.74, 6) is 1.51. The number of nitrogens with zero attached hydrogens (tertiary/aromatic N) is 1. The van der Waals surface area contributed by atoms with Crippen molar-refractivity contribution in [3.8, 4) is 11.5 Å². The lowest BCUT2D eigenvalue weighted by Crippen LogP contribution is -2.12. The maximum absolute atomic E-state index is 10.3. The van der Waals surface area contributed by atoms with Gasteiger partial charge in [-0.2, -0.15) is 4.99 Å². The van der Waals surface area contributed by atoms with Gasteiger partial charge in [0.15, 0.2) is 0 Å². The van der Waals surface area contributed by atoms with Crippen LogP contribution in [0.25, 0.3) is 0 Å². The van der Waals surface area contributed by atoms with E-state index in [2.05, 4.69) is 4.99 Å². The van der Waals surface area contributed by atoms with E-state index in [0.717, 1.165) is 17.1 Å². The molecular weight excluding hydrogens is 194 g/mol. The maximum atomic E-state index is 10.3. The van der Waals surface area contributed by atoms with Gasteiger partial charge in [0.1, 0.15) is 11.5 Å². The number of hydrogen-bond acceptors (Lipinski definition) is 4. The van der Waals surface area contributed by atoms with Crippen molar-refractivity contribution >= 4 is 6.08 Å². The quantitative estimate of drug-likeness (QED) is 0.547. The number of carbonyl (C=O) groups excluding carboxylic acids is 1. The molecule has 78 valence electrons. The minimum Gasteiger partial charge on any atom is -0.497 e. The van der Waals surface area contributed by atoms with Crippen molar-refractivity contribution in [1.29, 1.82) is 0 Å². The fourth-order valence-corrected chi connectivity index (χ4v) is 1.68. The van der Waals surface area contributed by atoms with Crippen LogP contribution >= 0.6 is 0 Å². The number of methoxy groups -OCH3 is 1. The highest BCUT2D eigenvalue weighted by atomic mass is 16.5. The number of aliphatic imine (C=N–C) groups is 1. The Balaban J connectivity index is 2.43. The molecule has 1 unspecified atom stereocenters. The van der Waals surface area contributed by atoms with Gasteiger partial charge in [0.2, 0.25) is 6.08 Å². The zero-order valence-electron chi connectivity index (χ0n) is 8.40. The third-order valence-corrected chi connectivity index (χ3v) is 2.43. The number of rotatable bonds is 2. The Hall–Kier alpha value is -1.80. The fourth-order valence-electron chi connectivity index (χ4n) is 1.68. The van der Waals surface area contributed by atoms with Gasteiger partial charge in [0, 0.05) is 12.0 Å². The van der Waals surface area contributed by atoms with Crippen LogP contribution in [-0.2, 0) is 4.79 Å². The molecular formula is C11H11NO3. The lowest BCUT2D eigenvalue weighted by molar-refractivity contribution is 0.268. The summed E-state index contributed by atoms with van der Waals surface area (Å²) in [7, 11) is 1.60. The third kappa shape index (κ3) is 1.85. The van der Waals surface area contributed by atoms with Crippen molar-refractivity contribution in [2.45, 2.75) is 12.5 Å². The molecule has 0 aromatic heterocycles. The average molecular weight is 205 g/mol. The third-order valence-electron chi connectivity index (χ3n) is 2.43. The topological polar surface area (TPSA) is 47.9 Å². The molecule has 0 saturated heterocycles. The minimum absolute atomic E-state index is 0.152. The van der Waals surface area contributed by atoms with Gasteiger partial charge in [0.05, 0.1) is 19.8 Å². The van der Waals surface area contributed by atoms with Gasteiger partial charge >= 0.3 is 0 Å². The first-order valence-corrected chi connectivity index (χ1v) is 4.73. The summed E-state index contributed by atoms with van der Waals surface area (Å²) in [6.07, 6.45) is 2.30. The second-order valence-corrected chi connectivity index (χ2v) is 3.28. The standard InChI is InChI=1S/C11H11NO3/c1-14-8-2-3-11-9(6-8)10(12-7-13)4-5-15-11/h2-3,6,10H,4-5H2,1H3. The Morgan fingerprint density at radius 1 is 1.60 bits per heavy atom. The number of fused-ring (bicyclic) bond motifs is 1. The lowest BCUT2D eigenvalue weighted by atomic mass is 10.0. The van der Waals surface area contributed by atoms with E-state index in [4.69, 9.17) is 9.47 Å². The van der Waals surface area contributed by atoms with Gasteiger partial charge in [-0.1, -0.05) is 0 Å². The molecule has 0 radical (unpaired) electrons. The van der Waals surface area contributed by atoms with Crippen LogP contribution < -0.4 is 9.47 Å². The lowest BCUT2D eigenvalue weighted by Gasteiger charge is -2.22.